The van der Waals surface area contributed by atoms with Crippen molar-refractivity contribution >= 4 is 58.2 Å². The number of rotatable bonds is 8. The summed E-state index contributed by atoms with van der Waals surface area (Å²) in [4.78, 5) is 35.4. The van der Waals surface area contributed by atoms with Crippen molar-refractivity contribution < 1.29 is 14.5 Å². The van der Waals surface area contributed by atoms with E-state index in [0.717, 1.165) is 6.07 Å². The molecule has 0 saturated heterocycles. The minimum Gasteiger partial charge on any atom is -0.340 e. The summed E-state index contributed by atoms with van der Waals surface area (Å²) in [7, 11) is 0. The summed E-state index contributed by atoms with van der Waals surface area (Å²) >= 11 is 13.3. The van der Waals surface area contributed by atoms with Crippen LogP contribution in [0.5, 0.6) is 0 Å². The second kappa shape index (κ2) is 10.3. The molecular weight excluding hydrogens is 425 g/mol. The van der Waals surface area contributed by atoms with Gasteiger partial charge in [0.1, 0.15) is 6.04 Å². The van der Waals surface area contributed by atoms with E-state index in [9.17, 15) is 19.7 Å². The predicted molar refractivity (Wildman–Crippen MR) is 112 cm³/mol. The fourth-order valence-corrected chi connectivity index (χ4v) is 3.08. The molecule has 2 rings (SSSR count). The number of thioether (sulfide) groups is 1. The summed E-state index contributed by atoms with van der Waals surface area (Å²) < 4.78 is 0. The fraction of sp³-hybridized carbons (Fsp3) is 0.222. The van der Waals surface area contributed by atoms with Crippen molar-refractivity contribution in [2.24, 2.45) is 0 Å². The number of hydrogen-bond acceptors (Lipinski definition) is 5. The summed E-state index contributed by atoms with van der Waals surface area (Å²) in [6.45, 7) is 0. The van der Waals surface area contributed by atoms with Crippen LogP contribution < -0.4 is 10.6 Å². The summed E-state index contributed by atoms with van der Waals surface area (Å²) in [6.07, 6.45) is 2.27. The van der Waals surface area contributed by atoms with E-state index < -0.39 is 22.8 Å². The first kappa shape index (κ1) is 22.0. The van der Waals surface area contributed by atoms with Gasteiger partial charge in [-0.1, -0.05) is 29.3 Å². The van der Waals surface area contributed by atoms with Crippen LogP contribution in [0.2, 0.25) is 10.0 Å². The standard InChI is InChI=1S/C18H17Cl2N3O4S/c1-28-8-7-16(18(25)21-12-5-6-14(19)15(20)10-12)22-17(24)11-3-2-4-13(9-11)23(26)27/h2-6,9-10,16H,7-8H2,1H3,(H,21,25)(H,22,24). The number of nitro benzene ring substituents is 1. The molecule has 10 heteroatoms. The number of anilines is 1. The molecule has 0 fully saturated rings. The van der Waals surface area contributed by atoms with E-state index in [4.69, 9.17) is 23.2 Å². The number of nitrogens with zero attached hydrogens (tertiary/aromatic N) is 1. The molecule has 148 valence electrons. The minimum absolute atomic E-state index is 0.102. The average molecular weight is 442 g/mol. The van der Waals surface area contributed by atoms with Gasteiger partial charge in [0.05, 0.1) is 15.0 Å². The highest BCUT2D eigenvalue weighted by Gasteiger charge is 2.22. The summed E-state index contributed by atoms with van der Waals surface area (Å²) in [5.74, 6) is -0.361. The van der Waals surface area contributed by atoms with Crippen LogP contribution in [0.3, 0.4) is 0 Å². The predicted octanol–water partition coefficient (Wildman–Crippen LogP) is 4.39. The third kappa shape index (κ3) is 6.12. The van der Waals surface area contributed by atoms with Gasteiger partial charge in [0.15, 0.2) is 0 Å². The summed E-state index contributed by atoms with van der Waals surface area (Å²) in [5, 5.41) is 16.9. The Hall–Kier alpha value is -2.29. The van der Waals surface area contributed by atoms with E-state index in [1.165, 1.54) is 36.0 Å². The maximum atomic E-state index is 12.6. The van der Waals surface area contributed by atoms with E-state index >= 15 is 0 Å². The third-order valence-electron chi connectivity index (χ3n) is 3.74. The smallest absolute Gasteiger partial charge is 0.270 e. The molecule has 0 bridgehead atoms. The van der Waals surface area contributed by atoms with Crippen molar-refractivity contribution in [3.8, 4) is 0 Å². The molecule has 2 N–H and O–H groups in total. The van der Waals surface area contributed by atoms with Crippen LogP contribution in [0, 0.1) is 10.1 Å². The highest BCUT2D eigenvalue weighted by atomic mass is 35.5. The number of halogens is 2. The SMILES string of the molecule is CSCCC(NC(=O)c1cccc([N+](=O)[O-])c1)C(=O)Nc1ccc(Cl)c(Cl)c1. The Bertz CT molecular complexity index is 895. The van der Waals surface area contributed by atoms with E-state index in [1.54, 1.807) is 12.1 Å². The number of benzene rings is 2. The molecule has 0 aliphatic rings. The zero-order valence-corrected chi connectivity index (χ0v) is 17.1. The van der Waals surface area contributed by atoms with Gasteiger partial charge in [-0.25, -0.2) is 0 Å². The van der Waals surface area contributed by atoms with Crippen molar-refractivity contribution in [1.82, 2.24) is 5.32 Å². The molecule has 0 radical (unpaired) electrons. The molecule has 0 aromatic heterocycles. The summed E-state index contributed by atoms with van der Waals surface area (Å²) in [6, 6.07) is 9.16. The van der Waals surface area contributed by atoms with Crippen LogP contribution in [0.1, 0.15) is 16.8 Å². The van der Waals surface area contributed by atoms with Crippen molar-refractivity contribution in [2.75, 3.05) is 17.3 Å². The Balaban J connectivity index is 2.14. The molecule has 0 spiro atoms. The zero-order valence-electron chi connectivity index (χ0n) is 14.8. The number of carbonyl (C=O) groups is 2. The molecule has 1 atom stereocenters. The maximum absolute atomic E-state index is 12.6. The first-order valence-corrected chi connectivity index (χ1v) is 10.3. The Labute approximate surface area is 175 Å². The van der Waals surface area contributed by atoms with E-state index in [1.807, 2.05) is 6.26 Å². The van der Waals surface area contributed by atoms with Gasteiger partial charge < -0.3 is 10.6 Å². The number of hydrogen-bond donors (Lipinski definition) is 2. The van der Waals surface area contributed by atoms with Crippen LogP contribution >= 0.6 is 35.0 Å². The lowest BCUT2D eigenvalue weighted by atomic mass is 10.1. The van der Waals surface area contributed by atoms with E-state index in [0.29, 0.717) is 27.9 Å². The lowest BCUT2D eigenvalue weighted by Gasteiger charge is -2.18. The van der Waals surface area contributed by atoms with Gasteiger partial charge in [-0.3, -0.25) is 19.7 Å². The molecule has 7 nitrogen and oxygen atoms in total. The lowest BCUT2D eigenvalue weighted by Crippen LogP contribution is -2.44. The first-order valence-electron chi connectivity index (χ1n) is 8.12. The topological polar surface area (TPSA) is 101 Å². The molecule has 2 aromatic carbocycles. The van der Waals surface area contributed by atoms with Gasteiger partial charge in [0.25, 0.3) is 11.6 Å². The second-order valence-corrected chi connectivity index (χ2v) is 7.53. The van der Waals surface area contributed by atoms with Gasteiger partial charge in [-0.2, -0.15) is 11.8 Å². The lowest BCUT2D eigenvalue weighted by molar-refractivity contribution is -0.384. The Morgan fingerprint density at radius 3 is 2.57 bits per heavy atom. The van der Waals surface area contributed by atoms with Crippen LogP contribution in [-0.2, 0) is 4.79 Å². The Kier molecular flexibility index (Phi) is 8.10. The fourth-order valence-electron chi connectivity index (χ4n) is 2.31. The van der Waals surface area contributed by atoms with Crippen LogP contribution in [0.15, 0.2) is 42.5 Å². The number of amides is 2. The van der Waals surface area contributed by atoms with Gasteiger partial charge in [-0.15, -0.1) is 0 Å². The van der Waals surface area contributed by atoms with E-state index in [2.05, 4.69) is 10.6 Å². The third-order valence-corrected chi connectivity index (χ3v) is 5.12. The van der Waals surface area contributed by atoms with Crippen molar-refractivity contribution in [1.29, 1.82) is 0 Å². The normalized spacial score (nSPS) is 11.5. The number of nitrogens with one attached hydrogen (secondary N) is 2. The van der Waals surface area contributed by atoms with E-state index in [-0.39, 0.29) is 11.3 Å². The van der Waals surface area contributed by atoms with Crippen LogP contribution in [0.25, 0.3) is 0 Å². The minimum atomic E-state index is -0.825. The van der Waals surface area contributed by atoms with Crippen LogP contribution in [0.4, 0.5) is 11.4 Å². The molecule has 2 aromatic rings. The number of non-ortho nitro benzene ring substituents is 1. The van der Waals surface area contributed by atoms with Crippen LogP contribution in [-0.4, -0.2) is 34.8 Å². The van der Waals surface area contributed by atoms with Crippen molar-refractivity contribution in [3.63, 3.8) is 0 Å². The second-order valence-electron chi connectivity index (χ2n) is 5.73. The molecule has 0 heterocycles. The average Bonchev–Trinajstić information content (AvgIpc) is 2.67. The maximum Gasteiger partial charge on any atom is 0.270 e. The molecule has 0 aliphatic carbocycles. The summed E-state index contributed by atoms with van der Waals surface area (Å²) in [5.41, 5.74) is 0.345. The molecule has 1 unspecified atom stereocenters. The quantitative estimate of drug-likeness (QED) is 0.467. The molecule has 28 heavy (non-hydrogen) atoms. The van der Waals surface area contributed by atoms with Gasteiger partial charge in [0.2, 0.25) is 5.91 Å². The Morgan fingerprint density at radius 1 is 1.18 bits per heavy atom. The monoisotopic (exact) mass is 441 g/mol. The van der Waals surface area contributed by atoms with Gasteiger partial charge >= 0.3 is 0 Å². The largest absolute Gasteiger partial charge is 0.340 e. The molecule has 0 saturated carbocycles. The van der Waals surface area contributed by atoms with Crippen molar-refractivity contribution in [2.45, 2.75) is 12.5 Å². The zero-order chi connectivity index (χ0) is 20.7. The molecular formula is C18H17Cl2N3O4S. The van der Waals surface area contributed by atoms with Gasteiger partial charge in [-0.05, 0) is 42.7 Å². The highest BCUT2D eigenvalue weighted by Crippen LogP contribution is 2.25. The first-order chi connectivity index (χ1) is 13.3. The number of nitro groups is 1. The van der Waals surface area contributed by atoms with Crippen molar-refractivity contribution in [3.05, 3.63) is 68.2 Å². The molecule has 0 aliphatic heterocycles. The van der Waals surface area contributed by atoms with Gasteiger partial charge in [0, 0.05) is 23.4 Å². The highest BCUT2D eigenvalue weighted by molar-refractivity contribution is 7.98. The number of carbonyl (C=O) groups excluding carboxylic acids is 2. The Morgan fingerprint density at radius 2 is 1.93 bits per heavy atom. The molecule has 2 amide bonds.